The van der Waals surface area contributed by atoms with Crippen molar-refractivity contribution >= 4 is 11.9 Å². The van der Waals surface area contributed by atoms with Crippen molar-refractivity contribution in [1.82, 2.24) is 15.0 Å². The van der Waals surface area contributed by atoms with Crippen molar-refractivity contribution in [1.29, 1.82) is 0 Å². The zero-order chi connectivity index (χ0) is 13.5. The Balaban J connectivity index is 2.95. The Kier molecular flexibility index (Phi) is 5.61. The molecular weight excluding hydrogens is 230 g/mol. The van der Waals surface area contributed by atoms with Crippen LogP contribution in [0.3, 0.4) is 0 Å². The first kappa shape index (κ1) is 14.5. The number of ether oxygens (including phenoxy) is 1. The summed E-state index contributed by atoms with van der Waals surface area (Å²) in [4.78, 5) is 14.9. The van der Waals surface area contributed by atoms with E-state index in [1.54, 1.807) is 7.11 Å². The molecule has 18 heavy (non-hydrogen) atoms. The topological polar surface area (TPSA) is 63.2 Å². The lowest BCUT2D eigenvalue weighted by Crippen LogP contribution is -2.30. The van der Waals surface area contributed by atoms with E-state index in [-0.39, 0.29) is 0 Å². The van der Waals surface area contributed by atoms with Crippen molar-refractivity contribution in [3.63, 3.8) is 0 Å². The molecule has 1 atom stereocenters. The summed E-state index contributed by atoms with van der Waals surface area (Å²) < 4.78 is 5.10. The number of nitrogens with zero attached hydrogens (tertiary/aromatic N) is 4. The standard InChI is InChI=1S/C12H23N5O/c1-6-8-9(3)17(4)11-14-10(13-7-2)15-12(16-11)18-5/h9H,6-8H2,1-5H3,(H,13,14,15,16). The number of hydrogen-bond donors (Lipinski definition) is 1. The Labute approximate surface area is 109 Å². The number of methoxy groups -OCH3 is 1. The van der Waals surface area contributed by atoms with Crippen LogP contribution in [0.1, 0.15) is 33.6 Å². The van der Waals surface area contributed by atoms with Crippen LogP contribution in [0.5, 0.6) is 6.01 Å². The Bertz CT molecular complexity index is 371. The molecule has 1 N–H and O–H groups in total. The molecule has 0 saturated carbocycles. The van der Waals surface area contributed by atoms with Crippen LogP contribution in [-0.2, 0) is 0 Å². The molecule has 0 amide bonds. The molecule has 0 aliphatic heterocycles. The second kappa shape index (κ2) is 6.98. The van der Waals surface area contributed by atoms with Gasteiger partial charge in [0.2, 0.25) is 11.9 Å². The second-order valence-corrected chi connectivity index (χ2v) is 4.22. The van der Waals surface area contributed by atoms with Gasteiger partial charge >= 0.3 is 6.01 Å². The van der Waals surface area contributed by atoms with Gasteiger partial charge in [0.15, 0.2) is 0 Å². The van der Waals surface area contributed by atoms with E-state index in [0.717, 1.165) is 19.4 Å². The van der Waals surface area contributed by atoms with Crippen molar-refractivity contribution in [3.8, 4) is 6.01 Å². The van der Waals surface area contributed by atoms with E-state index < -0.39 is 0 Å². The molecule has 1 unspecified atom stereocenters. The molecule has 0 aromatic carbocycles. The maximum Gasteiger partial charge on any atom is 0.322 e. The summed E-state index contributed by atoms with van der Waals surface area (Å²) in [6.07, 6.45) is 2.23. The van der Waals surface area contributed by atoms with Gasteiger partial charge < -0.3 is 15.0 Å². The first-order chi connectivity index (χ1) is 8.62. The predicted molar refractivity (Wildman–Crippen MR) is 73.3 cm³/mol. The molecule has 0 aliphatic carbocycles. The summed E-state index contributed by atoms with van der Waals surface area (Å²) in [7, 11) is 3.55. The predicted octanol–water partition coefficient (Wildman–Crippen LogP) is 1.94. The van der Waals surface area contributed by atoms with Gasteiger partial charge in [-0.05, 0) is 20.3 Å². The highest BCUT2D eigenvalue weighted by Crippen LogP contribution is 2.17. The molecule has 0 fully saturated rings. The van der Waals surface area contributed by atoms with Crippen LogP contribution >= 0.6 is 0 Å². The average Bonchev–Trinajstić information content (AvgIpc) is 2.38. The highest BCUT2D eigenvalue weighted by Gasteiger charge is 2.15. The van der Waals surface area contributed by atoms with E-state index in [4.69, 9.17) is 4.74 Å². The van der Waals surface area contributed by atoms with E-state index in [9.17, 15) is 0 Å². The average molecular weight is 253 g/mol. The fourth-order valence-corrected chi connectivity index (χ4v) is 1.64. The lowest BCUT2D eigenvalue weighted by Gasteiger charge is -2.24. The van der Waals surface area contributed by atoms with Gasteiger partial charge in [-0.1, -0.05) is 13.3 Å². The van der Waals surface area contributed by atoms with Gasteiger partial charge in [-0.15, -0.1) is 0 Å². The minimum Gasteiger partial charge on any atom is -0.467 e. The van der Waals surface area contributed by atoms with Crippen molar-refractivity contribution in [2.75, 3.05) is 30.9 Å². The number of nitrogens with one attached hydrogen (secondary N) is 1. The lowest BCUT2D eigenvalue weighted by molar-refractivity contribution is 0.378. The highest BCUT2D eigenvalue weighted by atomic mass is 16.5. The van der Waals surface area contributed by atoms with Gasteiger partial charge in [0.1, 0.15) is 0 Å². The smallest absolute Gasteiger partial charge is 0.322 e. The Morgan fingerprint density at radius 3 is 2.56 bits per heavy atom. The molecule has 0 bridgehead atoms. The normalized spacial score (nSPS) is 12.1. The van der Waals surface area contributed by atoms with Gasteiger partial charge in [-0.3, -0.25) is 0 Å². The summed E-state index contributed by atoms with van der Waals surface area (Å²) in [5.41, 5.74) is 0. The summed E-state index contributed by atoms with van der Waals surface area (Å²) in [6.45, 7) is 7.09. The van der Waals surface area contributed by atoms with Crippen LogP contribution in [0.15, 0.2) is 0 Å². The lowest BCUT2D eigenvalue weighted by atomic mass is 10.2. The maximum atomic E-state index is 5.10. The third-order valence-corrected chi connectivity index (χ3v) is 2.80. The number of hydrogen-bond acceptors (Lipinski definition) is 6. The van der Waals surface area contributed by atoms with Gasteiger partial charge in [0.05, 0.1) is 7.11 Å². The fourth-order valence-electron chi connectivity index (χ4n) is 1.64. The molecule has 1 aromatic rings. The van der Waals surface area contributed by atoms with Crippen LogP contribution in [0.25, 0.3) is 0 Å². The quantitative estimate of drug-likeness (QED) is 0.801. The third-order valence-electron chi connectivity index (χ3n) is 2.80. The monoisotopic (exact) mass is 253 g/mol. The van der Waals surface area contributed by atoms with E-state index in [0.29, 0.717) is 23.9 Å². The summed E-state index contributed by atoms with van der Waals surface area (Å²) in [6, 6.07) is 0.725. The molecule has 0 saturated heterocycles. The fraction of sp³-hybridized carbons (Fsp3) is 0.750. The van der Waals surface area contributed by atoms with Crippen molar-refractivity contribution in [3.05, 3.63) is 0 Å². The van der Waals surface area contributed by atoms with E-state index in [1.807, 2.05) is 14.0 Å². The van der Waals surface area contributed by atoms with Crippen molar-refractivity contribution in [2.45, 2.75) is 39.7 Å². The van der Waals surface area contributed by atoms with Gasteiger partial charge in [-0.25, -0.2) is 0 Å². The number of rotatable bonds is 7. The Morgan fingerprint density at radius 2 is 2.00 bits per heavy atom. The van der Waals surface area contributed by atoms with Crippen LogP contribution in [0.4, 0.5) is 11.9 Å². The van der Waals surface area contributed by atoms with Crippen LogP contribution in [0.2, 0.25) is 0 Å². The van der Waals surface area contributed by atoms with E-state index in [1.165, 1.54) is 0 Å². The van der Waals surface area contributed by atoms with Crippen LogP contribution < -0.4 is 15.0 Å². The summed E-state index contributed by atoms with van der Waals surface area (Å²) in [5, 5.41) is 3.08. The molecule has 1 rings (SSSR count). The molecule has 1 heterocycles. The van der Waals surface area contributed by atoms with Crippen molar-refractivity contribution < 1.29 is 4.74 Å². The largest absolute Gasteiger partial charge is 0.467 e. The number of aromatic nitrogens is 3. The zero-order valence-electron chi connectivity index (χ0n) is 11.9. The third kappa shape index (κ3) is 3.72. The molecule has 102 valence electrons. The van der Waals surface area contributed by atoms with Crippen molar-refractivity contribution in [2.24, 2.45) is 0 Å². The molecule has 0 aliphatic rings. The Hall–Kier alpha value is -1.59. The van der Waals surface area contributed by atoms with Gasteiger partial charge in [-0.2, -0.15) is 15.0 Å². The van der Waals surface area contributed by atoms with Gasteiger partial charge in [0, 0.05) is 19.6 Å². The first-order valence-corrected chi connectivity index (χ1v) is 6.39. The summed E-state index contributed by atoms with van der Waals surface area (Å²) in [5.74, 6) is 1.19. The SMILES string of the molecule is CCCC(C)N(C)c1nc(NCC)nc(OC)n1. The molecule has 6 nitrogen and oxygen atoms in total. The minimum absolute atomic E-state index is 0.339. The highest BCUT2D eigenvalue weighted by molar-refractivity contribution is 5.38. The van der Waals surface area contributed by atoms with E-state index >= 15 is 0 Å². The molecule has 1 aromatic heterocycles. The van der Waals surface area contributed by atoms with Crippen LogP contribution in [0, 0.1) is 0 Å². The molecule has 0 radical (unpaired) electrons. The Morgan fingerprint density at radius 1 is 1.28 bits per heavy atom. The maximum absolute atomic E-state index is 5.10. The number of anilines is 2. The van der Waals surface area contributed by atoms with Crippen LogP contribution in [-0.4, -0.2) is 41.7 Å². The molecule has 6 heteroatoms. The zero-order valence-corrected chi connectivity index (χ0v) is 11.9. The molecular formula is C12H23N5O. The van der Waals surface area contributed by atoms with E-state index in [2.05, 4.69) is 39.0 Å². The second-order valence-electron chi connectivity index (χ2n) is 4.22. The van der Waals surface area contributed by atoms with Gasteiger partial charge in [0.25, 0.3) is 0 Å². The molecule has 0 spiro atoms. The minimum atomic E-state index is 0.339. The first-order valence-electron chi connectivity index (χ1n) is 6.39. The summed E-state index contributed by atoms with van der Waals surface area (Å²) >= 11 is 0.